The average Bonchev–Trinajstić information content (AvgIpc) is 3.70. The van der Waals surface area contributed by atoms with Gasteiger partial charge in [0.05, 0.1) is 49.4 Å². The van der Waals surface area contributed by atoms with Gasteiger partial charge in [-0.1, -0.05) is 48.5 Å². The van der Waals surface area contributed by atoms with Crippen LogP contribution >= 0.6 is 0 Å². The van der Waals surface area contributed by atoms with Gasteiger partial charge in [0.25, 0.3) is 0 Å². The van der Waals surface area contributed by atoms with Crippen molar-refractivity contribution in [1.82, 2.24) is 14.5 Å². The van der Waals surface area contributed by atoms with Crippen LogP contribution in [0.2, 0.25) is 0 Å². The van der Waals surface area contributed by atoms with Crippen molar-refractivity contribution < 1.29 is 27.1 Å². The maximum absolute atomic E-state index is 14.3. The minimum atomic E-state index is -3.99. The molecule has 1 amide bonds. The average molecular weight is 556 g/mol. The molecule has 0 unspecified atom stereocenters. The molecule has 1 aromatic heterocycles. The minimum absolute atomic E-state index is 0.0662. The first-order valence-corrected chi connectivity index (χ1v) is 15.1. The summed E-state index contributed by atoms with van der Waals surface area (Å²) in [7, 11) is -3.99. The van der Waals surface area contributed by atoms with E-state index in [-0.39, 0.29) is 41.8 Å². The van der Waals surface area contributed by atoms with Crippen LogP contribution in [-0.2, 0) is 49.4 Å². The monoisotopic (exact) mass is 555 g/mol. The Balaban J connectivity index is 1.44. The van der Waals surface area contributed by atoms with Crippen LogP contribution in [-0.4, -0.2) is 60.7 Å². The number of imidazole rings is 1. The molecule has 0 saturated carbocycles. The van der Waals surface area contributed by atoms with Gasteiger partial charge in [-0.2, -0.15) is 0 Å². The molecule has 2 aliphatic rings. The van der Waals surface area contributed by atoms with Crippen molar-refractivity contribution >= 4 is 15.7 Å². The lowest BCUT2D eigenvalue weighted by atomic mass is 10.1. The number of sulfone groups is 1. The van der Waals surface area contributed by atoms with Crippen molar-refractivity contribution in [3.05, 3.63) is 83.4 Å². The molecule has 0 bridgehead atoms. The third kappa shape index (κ3) is 6.93. The summed E-state index contributed by atoms with van der Waals surface area (Å²) in [4.78, 5) is 19.5. The highest BCUT2D eigenvalue weighted by molar-refractivity contribution is 7.90. The molecule has 8 nitrogen and oxygen atoms in total. The Morgan fingerprint density at radius 2 is 1.69 bits per heavy atom. The van der Waals surface area contributed by atoms with E-state index in [4.69, 9.17) is 9.47 Å². The van der Waals surface area contributed by atoms with Gasteiger partial charge in [0.2, 0.25) is 20.9 Å². The number of hydrogen-bond donors (Lipinski definition) is 0. The molecule has 208 valence electrons. The highest BCUT2D eigenvalue weighted by Crippen LogP contribution is 2.24. The number of amides is 1. The molecule has 10 heteroatoms. The number of ether oxygens (including phenoxy) is 2. The molecule has 0 aliphatic carbocycles. The Hall–Kier alpha value is -3.08. The van der Waals surface area contributed by atoms with Crippen LogP contribution in [0.4, 0.5) is 4.39 Å². The molecule has 0 N–H and O–H groups in total. The van der Waals surface area contributed by atoms with E-state index in [1.54, 1.807) is 15.5 Å². The number of nitrogens with zero attached hydrogens (tertiary/aromatic N) is 3. The van der Waals surface area contributed by atoms with Gasteiger partial charge in [0.1, 0.15) is 5.82 Å². The van der Waals surface area contributed by atoms with E-state index in [1.165, 1.54) is 24.4 Å². The molecule has 3 heterocycles. The lowest BCUT2D eigenvalue weighted by molar-refractivity contribution is -0.132. The van der Waals surface area contributed by atoms with Crippen molar-refractivity contribution in [2.75, 3.05) is 19.8 Å². The van der Waals surface area contributed by atoms with E-state index in [9.17, 15) is 17.6 Å². The molecule has 2 atom stereocenters. The van der Waals surface area contributed by atoms with Gasteiger partial charge >= 0.3 is 0 Å². The minimum Gasteiger partial charge on any atom is -0.376 e. The first kappa shape index (κ1) is 27.5. The molecule has 5 rings (SSSR count). The molecule has 2 aromatic carbocycles. The molecular formula is C29H34FN3O5S. The van der Waals surface area contributed by atoms with Gasteiger partial charge in [-0.25, -0.2) is 17.8 Å². The van der Waals surface area contributed by atoms with Crippen LogP contribution in [0.3, 0.4) is 0 Å². The number of hydrogen-bond acceptors (Lipinski definition) is 6. The molecule has 2 saturated heterocycles. The summed E-state index contributed by atoms with van der Waals surface area (Å²) in [5.41, 5.74) is 1.58. The van der Waals surface area contributed by atoms with Crippen LogP contribution in [0.15, 0.2) is 66.0 Å². The molecular weight excluding hydrogens is 521 g/mol. The number of carbonyl (C=O) groups is 1. The fraction of sp³-hybridized carbons (Fsp3) is 0.448. The SMILES string of the molecule is O=C(Cc1ccccc1)N(Cc1cnc(S(=O)(=O)Cc2ccccc2F)n1C[C@H]1CCCO1)C[C@@H]1CCCO1. The normalized spacial score (nSPS) is 19.4. The molecule has 3 aromatic rings. The smallest absolute Gasteiger partial charge is 0.228 e. The van der Waals surface area contributed by atoms with Crippen molar-refractivity contribution in [3.8, 4) is 0 Å². The highest BCUT2D eigenvalue weighted by Gasteiger charge is 2.30. The van der Waals surface area contributed by atoms with Gasteiger partial charge in [-0.3, -0.25) is 4.79 Å². The van der Waals surface area contributed by atoms with Gasteiger partial charge in [0, 0.05) is 25.3 Å². The van der Waals surface area contributed by atoms with Crippen LogP contribution in [0.1, 0.15) is 42.5 Å². The number of aromatic nitrogens is 2. The van der Waals surface area contributed by atoms with Crippen molar-refractivity contribution in [3.63, 3.8) is 0 Å². The number of halogens is 1. The fourth-order valence-electron chi connectivity index (χ4n) is 5.20. The third-order valence-corrected chi connectivity index (χ3v) is 8.82. The van der Waals surface area contributed by atoms with Gasteiger partial charge in [0.15, 0.2) is 0 Å². The maximum atomic E-state index is 14.3. The lowest BCUT2D eigenvalue weighted by Gasteiger charge is -2.27. The Morgan fingerprint density at radius 3 is 2.38 bits per heavy atom. The standard InChI is InChI=1S/C29H34FN3O5S/c30-27-13-5-4-10-23(27)21-39(35,36)29-31-17-24(33(29)20-26-12-7-15-38-26)18-32(19-25-11-6-14-37-25)28(34)16-22-8-2-1-3-9-22/h1-5,8-10,13,17,25-26H,6-7,11-12,14-16,18-21H2/t25-,26+/m0/s1. The maximum Gasteiger partial charge on any atom is 0.228 e. The zero-order chi connectivity index (χ0) is 27.2. The Bertz CT molecular complexity index is 1370. The van der Waals surface area contributed by atoms with E-state index in [0.29, 0.717) is 32.0 Å². The first-order chi connectivity index (χ1) is 18.9. The third-order valence-electron chi connectivity index (χ3n) is 7.25. The molecule has 39 heavy (non-hydrogen) atoms. The van der Waals surface area contributed by atoms with E-state index in [2.05, 4.69) is 4.98 Å². The van der Waals surface area contributed by atoms with Gasteiger partial charge < -0.3 is 18.9 Å². The van der Waals surface area contributed by atoms with Crippen molar-refractivity contribution in [1.29, 1.82) is 0 Å². The summed E-state index contributed by atoms with van der Waals surface area (Å²) in [6, 6.07) is 15.4. The van der Waals surface area contributed by atoms with Crippen molar-refractivity contribution in [2.45, 2.75) is 68.3 Å². The van der Waals surface area contributed by atoms with Crippen LogP contribution < -0.4 is 0 Å². The Morgan fingerprint density at radius 1 is 1.00 bits per heavy atom. The molecule has 2 aliphatic heterocycles. The second kappa shape index (κ2) is 12.4. The van der Waals surface area contributed by atoms with Crippen molar-refractivity contribution in [2.24, 2.45) is 0 Å². The Kier molecular flexibility index (Phi) is 8.74. The van der Waals surface area contributed by atoms with E-state index in [1.807, 2.05) is 30.3 Å². The summed E-state index contributed by atoms with van der Waals surface area (Å²) in [5.74, 6) is -1.15. The zero-order valence-corrected chi connectivity index (χ0v) is 22.7. The molecule has 0 spiro atoms. The molecule has 0 radical (unpaired) electrons. The Labute approximate surface area is 228 Å². The number of carbonyl (C=O) groups excluding carboxylic acids is 1. The van der Waals surface area contributed by atoms with E-state index >= 15 is 0 Å². The fourth-order valence-corrected chi connectivity index (χ4v) is 6.72. The second-order valence-electron chi connectivity index (χ2n) is 10.2. The second-order valence-corrected chi connectivity index (χ2v) is 12.1. The summed E-state index contributed by atoms with van der Waals surface area (Å²) >= 11 is 0. The lowest BCUT2D eigenvalue weighted by Crippen LogP contribution is -2.38. The highest BCUT2D eigenvalue weighted by atomic mass is 32.2. The summed E-state index contributed by atoms with van der Waals surface area (Å²) in [6.45, 7) is 2.17. The quantitative estimate of drug-likeness (QED) is 0.356. The van der Waals surface area contributed by atoms with Crippen LogP contribution in [0, 0.1) is 5.82 Å². The van der Waals surface area contributed by atoms with Crippen LogP contribution in [0.25, 0.3) is 0 Å². The summed E-state index contributed by atoms with van der Waals surface area (Å²) in [6.07, 6.45) is 5.03. The number of benzene rings is 2. The largest absolute Gasteiger partial charge is 0.376 e. The van der Waals surface area contributed by atoms with E-state index < -0.39 is 21.4 Å². The number of rotatable bonds is 11. The topological polar surface area (TPSA) is 90.7 Å². The van der Waals surface area contributed by atoms with Gasteiger partial charge in [-0.15, -0.1) is 0 Å². The summed E-state index contributed by atoms with van der Waals surface area (Å²) in [5, 5.41) is -0.135. The van der Waals surface area contributed by atoms with E-state index in [0.717, 1.165) is 31.2 Å². The predicted octanol–water partition coefficient (Wildman–Crippen LogP) is 3.93. The zero-order valence-electron chi connectivity index (χ0n) is 21.9. The first-order valence-electron chi connectivity index (χ1n) is 13.4. The summed E-state index contributed by atoms with van der Waals surface area (Å²) < 4.78 is 54.6. The van der Waals surface area contributed by atoms with Gasteiger partial charge in [-0.05, 0) is 37.3 Å². The van der Waals surface area contributed by atoms with Crippen LogP contribution in [0.5, 0.6) is 0 Å². The molecule has 2 fully saturated rings. The predicted molar refractivity (Wildman–Crippen MR) is 143 cm³/mol.